The van der Waals surface area contributed by atoms with Gasteiger partial charge in [0.25, 0.3) is 0 Å². The first-order valence-electron chi connectivity index (χ1n) is 13.1. The number of carbonyl (C=O) groups excluding carboxylic acids is 1. The van der Waals surface area contributed by atoms with E-state index in [2.05, 4.69) is 56.7 Å². The molecule has 0 radical (unpaired) electrons. The minimum atomic E-state index is -0.252. The Labute approximate surface area is 234 Å². The van der Waals surface area contributed by atoms with Gasteiger partial charge in [-0.1, -0.05) is 36.4 Å². The van der Waals surface area contributed by atoms with Crippen LogP contribution in [0.3, 0.4) is 0 Å². The first-order valence-corrected chi connectivity index (χ1v) is 13.9. The SMILES string of the molecule is Cc1cccc(-c2[nH]cnc2-c2ccc3ncc(-c4ccc(-c5ccc(C(=O)OC6CNC6)s5)cc4)cc3c2)n1. The summed E-state index contributed by atoms with van der Waals surface area (Å²) in [5.74, 6) is -0.252. The third-order valence-electron chi connectivity index (χ3n) is 7.07. The van der Waals surface area contributed by atoms with Crippen LogP contribution in [0.1, 0.15) is 15.4 Å². The van der Waals surface area contributed by atoms with E-state index in [9.17, 15) is 4.79 Å². The Morgan fingerprint density at radius 3 is 2.50 bits per heavy atom. The van der Waals surface area contributed by atoms with E-state index in [1.54, 1.807) is 6.33 Å². The Bertz CT molecular complexity index is 1850. The number of benzene rings is 2. The number of pyridine rings is 2. The molecule has 0 aliphatic carbocycles. The van der Waals surface area contributed by atoms with E-state index in [0.717, 1.165) is 73.9 Å². The molecule has 7 rings (SSSR count). The normalized spacial score (nSPS) is 13.3. The Morgan fingerprint density at radius 1 is 0.900 bits per heavy atom. The third-order valence-corrected chi connectivity index (χ3v) is 8.18. The minimum absolute atomic E-state index is 0.0181. The highest BCUT2D eigenvalue weighted by molar-refractivity contribution is 7.17. The molecule has 5 heterocycles. The van der Waals surface area contributed by atoms with Crippen LogP contribution in [0.5, 0.6) is 0 Å². The number of aromatic amines is 1. The summed E-state index contributed by atoms with van der Waals surface area (Å²) in [6.07, 6.45) is 3.60. The average Bonchev–Trinajstić information content (AvgIpc) is 3.65. The summed E-state index contributed by atoms with van der Waals surface area (Å²) in [4.78, 5) is 31.3. The largest absolute Gasteiger partial charge is 0.455 e. The second-order valence-electron chi connectivity index (χ2n) is 9.85. The Morgan fingerprint density at radius 2 is 1.70 bits per heavy atom. The van der Waals surface area contributed by atoms with Gasteiger partial charge in [-0.05, 0) is 60.5 Å². The number of ether oxygens (including phenoxy) is 1. The molecule has 4 aromatic heterocycles. The fourth-order valence-corrected chi connectivity index (χ4v) is 5.71. The molecule has 8 heteroatoms. The monoisotopic (exact) mass is 543 g/mol. The van der Waals surface area contributed by atoms with Crippen molar-refractivity contribution in [2.45, 2.75) is 13.0 Å². The zero-order chi connectivity index (χ0) is 27.1. The van der Waals surface area contributed by atoms with Gasteiger partial charge >= 0.3 is 5.97 Å². The van der Waals surface area contributed by atoms with E-state index in [-0.39, 0.29) is 12.1 Å². The predicted octanol–water partition coefficient (Wildman–Crippen LogP) is 6.52. The van der Waals surface area contributed by atoms with Crippen molar-refractivity contribution in [2.75, 3.05) is 13.1 Å². The van der Waals surface area contributed by atoms with Crippen LogP contribution in [0.25, 0.3) is 55.1 Å². The van der Waals surface area contributed by atoms with Crippen molar-refractivity contribution in [3.05, 3.63) is 102 Å². The molecule has 0 unspecified atom stereocenters. The van der Waals surface area contributed by atoms with Crippen molar-refractivity contribution in [3.63, 3.8) is 0 Å². The highest BCUT2D eigenvalue weighted by Gasteiger charge is 2.23. The molecule has 2 aromatic carbocycles. The van der Waals surface area contributed by atoms with Crippen LogP contribution < -0.4 is 5.32 Å². The zero-order valence-corrected chi connectivity index (χ0v) is 22.5. The first kappa shape index (κ1) is 24.4. The van der Waals surface area contributed by atoms with Crippen molar-refractivity contribution in [1.82, 2.24) is 25.3 Å². The van der Waals surface area contributed by atoms with E-state index < -0.39 is 0 Å². The van der Waals surface area contributed by atoms with Crippen molar-refractivity contribution in [2.24, 2.45) is 0 Å². The second-order valence-corrected chi connectivity index (χ2v) is 10.9. The van der Waals surface area contributed by atoms with Gasteiger partial charge in [-0.2, -0.15) is 0 Å². The average molecular weight is 544 g/mol. The van der Waals surface area contributed by atoms with E-state index in [1.165, 1.54) is 11.3 Å². The lowest BCUT2D eigenvalue weighted by atomic mass is 10.0. The number of fused-ring (bicyclic) bond motifs is 1. The fraction of sp³-hybridized carbons (Fsp3) is 0.125. The topological polar surface area (TPSA) is 92.8 Å². The van der Waals surface area contributed by atoms with Gasteiger partial charge < -0.3 is 15.0 Å². The van der Waals surface area contributed by atoms with Crippen LogP contribution >= 0.6 is 11.3 Å². The van der Waals surface area contributed by atoms with E-state index in [4.69, 9.17) is 9.72 Å². The number of thiophene rings is 1. The fourth-order valence-electron chi connectivity index (χ4n) is 4.81. The number of carbonyl (C=O) groups is 1. The molecular formula is C32H25N5O2S. The van der Waals surface area contributed by atoms with Crippen LogP contribution in [0.4, 0.5) is 0 Å². The van der Waals surface area contributed by atoms with Crippen molar-refractivity contribution < 1.29 is 9.53 Å². The minimum Gasteiger partial charge on any atom is -0.455 e. The van der Waals surface area contributed by atoms with Crippen molar-refractivity contribution in [1.29, 1.82) is 0 Å². The molecule has 196 valence electrons. The molecule has 40 heavy (non-hydrogen) atoms. The van der Waals surface area contributed by atoms with Gasteiger partial charge in [-0.25, -0.2) is 9.78 Å². The van der Waals surface area contributed by atoms with Crippen molar-refractivity contribution in [3.8, 4) is 44.2 Å². The molecule has 0 saturated carbocycles. The molecule has 1 aliphatic heterocycles. The molecule has 7 nitrogen and oxygen atoms in total. The summed E-state index contributed by atoms with van der Waals surface area (Å²) in [6, 6.07) is 26.5. The molecule has 1 aliphatic rings. The molecule has 0 atom stereocenters. The van der Waals surface area contributed by atoms with Crippen molar-refractivity contribution >= 4 is 28.2 Å². The van der Waals surface area contributed by atoms with Crippen LogP contribution in [0.15, 0.2) is 91.4 Å². The van der Waals surface area contributed by atoms with Crippen LogP contribution in [-0.4, -0.2) is 45.1 Å². The Balaban J connectivity index is 1.15. The summed E-state index contributed by atoms with van der Waals surface area (Å²) >= 11 is 1.45. The maximum atomic E-state index is 12.4. The lowest BCUT2D eigenvalue weighted by molar-refractivity contribution is 0.0175. The zero-order valence-electron chi connectivity index (χ0n) is 21.7. The smallest absolute Gasteiger partial charge is 0.348 e. The number of rotatable bonds is 6. The van der Waals surface area contributed by atoms with Gasteiger partial charge in [0, 0.05) is 46.4 Å². The van der Waals surface area contributed by atoms with Crippen LogP contribution in [-0.2, 0) is 4.74 Å². The first-order chi connectivity index (χ1) is 19.6. The lowest BCUT2D eigenvalue weighted by Crippen LogP contribution is -2.49. The van der Waals surface area contributed by atoms with Gasteiger partial charge in [-0.15, -0.1) is 11.3 Å². The molecule has 0 amide bonds. The van der Waals surface area contributed by atoms with Gasteiger partial charge in [-0.3, -0.25) is 9.97 Å². The third kappa shape index (κ3) is 4.68. The van der Waals surface area contributed by atoms with Gasteiger partial charge in [0.1, 0.15) is 11.0 Å². The van der Waals surface area contributed by atoms with Gasteiger partial charge in [0.2, 0.25) is 0 Å². The highest BCUT2D eigenvalue weighted by atomic mass is 32.1. The van der Waals surface area contributed by atoms with Gasteiger partial charge in [0.05, 0.1) is 28.9 Å². The number of nitrogens with one attached hydrogen (secondary N) is 2. The maximum Gasteiger partial charge on any atom is 0.348 e. The number of esters is 1. The number of imidazole rings is 1. The standard InChI is InChI=1S/C32H25N5O2S/c1-19-3-2-4-27(37-19)31-30(35-18-36-31)22-9-10-26-23(13-22)14-24(15-34-26)20-5-7-21(8-6-20)28-11-12-29(40-28)32(38)39-25-16-33-17-25/h2-15,18,25,33H,16-17H2,1H3,(H,35,36). The number of hydrogen-bond acceptors (Lipinski definition) is 7. The van der Waals surface area contributed by atoms with E-state index in [1.807, 2.05) is 55.6 Å². The number of hydrogen-bond donors (Lipinski definition) is 2. The quantitative estimate of drug-likeness (QED) is 0.232. The molecule has 2 N–H and O–H groups in total. The Hall–Kier alpha value is -4.66. The number of aryl methyl sites for hydroxylation is 1. The number of aromatic nitrogens is 4. The summed E-state index contributed by atoms with van der Waals surface area (Å²) in [7, 11) is 0. The molecular weight excluding hydrogens is 518 g/mol. The van der Waals surface area contributed by atoms with Crippen LogP contribution in [0, 0.1) is 6.92 Å². The second kappa shape index (κ2) is 10.1. The predicted molar refractivity (Wildman–Crippen MR) is 158 cm³/mol. The number of H-pyrrole nitrogens is 1. The number of nitrogens with zero attached hydrogens (tertiary/aromatic N) is 3. The molecule has 1 fully saturated rings. The lowest BCUT2D eigenvalue weighted by Gasteiger charge is -2.26. The van der Waals surface area contributed by atoms with E-state index in [0.29, 0.717) is 4.88 Å². The summed E-state index contributed by atoms with van der Waals surface area (Å²) in [5, 5.41) is 4.15. The summed E-state index contributed by atoms with van der Waals surface area (Å²) in [6.45, 7) is 3.44. The van der Waals surface area contributed by atoms with E-state index >= 15 is 0 Å². The molecule has 0 bridgehead atoms. The summed E-state index contributed by atoms with van der Waals surface area (Å²) < 4.78 is 5.49. The molecule has 1 saturated heterocycles. The summed E-state index contributed by atoms with van der Waals surface area (Å²) in [5.41, 5.74) is 8.67. The maximum absolute atomic E-state index is 12.4. The Kier molecular flexibility index (Phi) is 6.18. The highest BCUT2D eigenvalue weighted by Crippen LogP contribution is 2.33. The molecule has 6 aromatic rings. The van der Waals surface area contributed by atoms with Crippen LogP contribution in [0.2, 0.25) is 0 Å². The van der Waals surface area contributed by atoms with Gasteiger partial charge in [0.15, 0.2) is 0 Å². The molecule has 0 spiro atoms.